The highest BCUT2D eigenvalue weighted by Gasteiger charge is 2.43. The third-order valence-electron chi connectivity index (χ3n) is 4.20. The molecule has 5 heteroatoms. The van der Waals surface area contributed by atoms with Gasteiger partial charge in [-0.15, -0.1) is 0 Å². The van der Waals surface area contributed by atoms with Crippen LogP contribution in [0.1, 0.15) is 38.3 Å². The molecule has 1 heterocycles. The lowest BCUT2D eigenvalue weighted by Gasteiger charge is -2.21. The molecule has 1 aromatic carbocycles. The Kier molecular flexibility index (Phi) is 2.93. The number of benzene rings is 1. The van der Waals surface area contributed by atoms with E-state index in [-0.39, 0.29) is 18.2 Å². The van der Waals surface area contributed by atoms with E-state index in [4.69, 9.17) is 5.11 Å². The summed E-state index contributed by atoms with van der Waals surface area (Å²) >= 11 is 0. The molecule has 2 atom stereocenters. The molecule has 1 aromatic rings. The lowest BCUT2D eigenvalue weighted by atomic mass is 9.99. The minimum absolute atomic E-state index is 0.249. The Labute approximate surface area is 121 Å². The standard InChI is InChI=1S/C16H15NO4/c1-8-3-4-9(2)13-12(8)14(18)17(15(13)19)11-6-5-10(7-11)16(20)21/h3-6,10-11H,7H2,1-2H3,(H,20,21). The zero-order valence-corrected chi connectivity index (χ0v) is 11.8. The molecule has 1 aliphatic heterocycles. The smallest absolute Gasteiger partial charge is 0.310 e. The molecule has 0 radical (unpaired) electrons. The predicted molar refractivity (Wildman–Crippen MR) is 75.1 cm³/mol. The van der Waals surface area contributed by atoms with Crippen molar-refractivity contribution in [2.45, 2.75) is 26.3 Å². The van der Waals surface area contributed by atoms with Crippen molar-refractivity contribution in [3.05, 3.63) is 46.5 Å². The van der Waals surface area contributed by atoms with E-state index in [0.717, 1.165) is 11.1 Å². The van der Waals surface area contributed by atoms with Gasteiger partial charge < -0.3 is 5.11 Å². The number of rotatable bonds is 2. The van der Waals surface area contributed by atoms with Gasteiger partial charge in [-0.25, -0.2) is 0 Å². The molecule has 2 amide bonds. The summed E-state index contributed by atoms with van der Waals surface area (Å²) in [5.41, 5.74) is 2.45. The Balaban J connectivity index is 1.99. The predicted octanol–water partition coefficient (Wildman–Crippen LogP) is 1.93. The van der Waals surface area contributed by atoms with Crippen LogP contribution in [0.5, 0.6) is 0 Å². The highest BCUT2D eigenvalue weighted by molar-refractivity contribution is 6.23. The molecule has 0 aromatic heterocycles. The Morgan fingerprint density at radius 1 is 1.10 bits per heavy atom. The maximum Gasteiger partial charge on any atom is 0.310 e. The number of imide groups is 1. The van der Waals surface area contributed by atoms with Gasteiger partial charge in [0.2, 0.25) is 0 Å². The first kappa shape index (κ1) is 13.5. The molecular formula is C16H15NO4. The van der Waals surface area contributed by atoms with Gasteiger partial charge >= 0.3 is 5.97 Å². The highest BCUT2D eigenvalue weighted by atomic mass is 16.4. The third kappa shape index (κ3) is 1.88. The molecule has 3 rings (SSSR count). The summed E-state index contributed by atoms with van der Waals surface area (Å²) in [5, 5.41) is 9.03. The molecule has 21 heavy (non-hydrogen) atoms. The SMILES string of the molecule is Cc1ccc(C)c2c1C(=O)N(C1C=CC(C(=O)O)C1)C2=O. The van der Waals surface area contributed by atoms with E-state index in [1.165, 1.54) is 4.90 Å². The van der Waals surface area contributed by atoms with Crippen LogP contribution in [0.15, 0.2) is 24.3 Å². The van der Waals surface area contributed by atoms with Crippen molar-refractivity contribution in [3.63, 3.8) is 0 Å². The lowest BCUT2D eigenvalue weighted by molar-refractivity contribution is -0.140. The number of fused-ring (bicyclic) bond motifs is 1. The number of amides is 2. The van der Waals surface area contributed by atoms with Crippen molar-refractivity contribution in [1.82, 2.24) is 4.90 Å². The number of carbonyl (C=O) groups is 3. The molecule has 108 valence electrons. The zero-order chi connectivity index (χ0) is 15.3. The second-order valence-electron chi connectivity index (χ2n) is 5.56. The normalized spacial score (nSPS) is 23.8. The van der Waals surface area contributed by atoms with E-state index in [9.17, 15) is 14.4 Å². The number of hydrogen-bond donors (Lipinski definition) is 1. The van der Waals surface area contributed by atoms with Crippen LogP contribution in [-0.4, -0.2) is 33.8 Å². The van der Waals surface area contributed by atoms with Crippen LogP contribution in [0.25, 0.3) is 0 Å². The summed E-state index contributed by atoms with van der Waals surface area (Å²) in [6.07, 6.45) is 3.44. The fourth-order valence-corrected chi connectivity index (χ4v) is 3.05. The topological polar surface area (TPSA) is 74.7 Å². The lowest BCUT2D eigenvalue weighted by Crippen LogP contribution is -2.38. The fourth-order valence-electron chi connectivity index (χ4n) is 3.05. The third-order valence-corrected chi connectivity index (χ3v) is 4.20. The quantitative estimate of drug-likeness (QED) is 0.665. The first-order chi connectivity index (χ1) is 9.91. The highest BCUT2D eigenvalue weighted by Crippen LogP contribution is 2.33. The van der Waals surface area contributed by atoms with Gasteiger partial charge in [0.1, 0.15) is 0 Å². The van der Waals surface area contributed by atoms with Gasteiger partial charge in [0.05, 0.1) is 23.1 Å². The van der Waals surface area contributed by atoms with Crippen molar-refractivity contribution in [2.24, 2.45) is 5.92 Å². The number of hydrogen-bond acceptors (Lipinski definition) is 3. The van der Waals surface area contributed by atoms with Crippen molar-refractivity contribution in [2.75, 3.05) is 0 Å². The Bertz CT molecular complexity index is 663. The number of aryl methyl sites for hydroxylation is 2. The number of carboxylic acids is 1. The van der Waals surface area contributed by atoms with E-state index < -0.39 is 17.9 Å². The summed E-state index contributed by atoms with van der Waals surface area (Å²) in [7, 11) is 0. The minimum atomic E-state index is -0.933. The Hall–Kier alpha value is -2.43. The Morgan fingerprint density at radius 3 is 2.05 bits per heavy atom. The molecule has 1 N–H and O–H groups in total. The van der Waals surface area contributed by atoms with Crippen LogP contribution in [0.2, 0.25) is 0 Å². The van der Waals surface area contributed by atoms with Crippen molar-refractivity contribution in [3.8, 4) is 0 Å². The van der Waals surface area contributed by atoms with Gasteiger partial charge in [-0.3, -0.25) is 19.3 Å². The van der Waals surface area contributed by atoms with E-state index in [1.807, 2.05) is 12.1 Å². The van der Waals surface area contributed by atoms with E-state index in [1.54, 1.807) is 26.0 Å². The van der Waals surface area contributed by atoms with Crippen LogP contribution in [0.4, 0.5) is 0 Å². The monoisotopic (exact) mass is 285 g/mol. The minimum Gasteiger partial charge on any atom is -0.481 e. The first-order valence-electron chi connectivity index (χ1n) is 6.81. The van der Waals surface area contributed by atoms with Crippen LogP contribution in [0, 0.1) is 19.8 Å². The summed E-state index contributed by atoms with van der Waals surface area (Å²) < 4.78 is 0. The zero-order valence-electron chi connectivity index (χ0n) is 11.8. The van der Waals surface area contributed by atoms with Crippen molar-refractivity contribution in [1.29, 1.82) is 0 Å². The van der Waals surface area contributed by atoms with Gasteiger partial charge in [0, 0.05) is 0 Å². The summed E-state index contributed by atoms with van der Waals surface area (Å²) in [6, 6.07) is 3.18. The van der Waals surface area contributed by atoms with Crippen LogP contribution in [-0.2, 0) is 4.79 Å². The van der Waals surface area contributed by atoms with Gasteiger partial charge in [-0.05, 0) is 31.4 Å². The molecule has 0 spiro atoms. The van der Waals surface area contributed by atoms with E-state index >= 15 is 0 Å². The fraction of sp³-hybridized carbons (Fsp3) is 0.312. The van der Waals surface area contributed by atoms with Crippen LogP contribution < -0.4 is 0 Å². The van der Waals surface area contributed by atoms with Gasteiger partial charge in [-0.2, -0.15) is 0 Å². The number of aliphatic carboxylic acids is 1. The van der Waals surface area contributed by atoms with Gasteiger partial charge in [-0.1, -0.05) is 24.3 Å². The van der Waals surface area contributed by atoms with E-state index in [0.29, 0.717) is 11.1 Å². The maximum atomic E-state index is 12.6. The van der Waals surface area contributed by atoms with Crippen LogP contribution in [0.3, 0.4) is 0 Å². The van der Waals surface area contributed by atoms with Gasteiger partial charge in [0.15, 0.2) is 0 Å². The molecule has 1 aliphatic carbocycles. The summed E-state index contributed by atoms with van der Waals surface area (Å²) in [6.45, 7) is 3.61. The Morgan fingerprint density at radius 2 is 1.62 bits per heavy atom. The second-order valence-corrected chi connectivity index (χ2v) is 5.56. The average molecular weight is 285 g/mol. The number of nitrogens with zero attached hydrogens (tertiary/aromatic N) is 1. The number of carbonyl (C=O) groups excluding carboxylic acids is 2. The average Bonchev–Trinajstić information content (AvgIpc) is 2.98. The van der Waals surface area contributed by atoms with Crippen LogP contribution >= 0.6 is 0 Å². The molecule has 0 saturated heterocycles. The molecule has 2 aliphatic rings. The van der Waals surface area contributed by atoms with Crippen molar-refractivity contribution >= 4 is 17.8 Å². The van der Waals surface area contributed by atoms with Gasteiger partial charge in [0.25, 0.3) is 11.8 Å². The molecule has 0 bridgehead atoms. The van der Waals surface area contributed by atoms with Crippen molar-refractivity contribution < 1.29 is 19.5 Å². The summed E-state index contributed by atoms with van der Waals surface area (Å²) in [5.74, 6) is -2.21. The maximum absolute atomic E-state index is 12.6. The molecule has 0 saturated carbocycles. The molecule has 0 fully saturated rings. The molecular weight excluding hydrogens is 270 g/mol. The van der Waals surface area contributed by atoms with E-state index in [2.05, 4.69) is 0 Å². The molecule has 2 unspecified atom stereocenters. The molecule has 5 nitrogen and oxygen atoms in total. The number of carboxylic acid groups (broad SMARTS) is 1. The first-order valence-corrected chi connectivity index (χ1v) is 6.81. The largest absolute Gasteiger partial charge is 0.481 e. The second kappa shape index (κ2) is 4.55. The summed E-state index contributed by atoms with van der Waals surface area (Å²) in [4.78, 5) is 37.3.